The van der Waals surface area contributed by atoms with Gasteiger partial charge in [0.25, 0.3) is 0 Å². The highest BCUT2D eigenvalue weighted by Gasteiger charge is 2.19. The van der Waals surface area contributed by atoms with E-state index >= 15 is 0 Å². The molecule has 0 aliphatic carbocycles. The number of halogens is 3. The number of rotatable bonds is 4. The minimum absolute atomic E-state index is 0.00717. The second kappa shape index (κ2) is 7.11. The molecule has 2 nitrogen and oxygen atoms in total. The van der Waals surface area contributed by atoms with E-state index in [2.05, 4.69) is 62.0 Å². The van der Waals surface area contributed by atoms with Crippen molar-refractivity contribution in [1.29, 1.82) is 0 Å². The molecule has 0 spiro atoms. The van der Waals surface area contributed by atoms with Crippen LogP contribution in [0, 0.1) is 3.57 Å². The molecule has 0 saturated heterocycles. The summed E-state index contributed by atoms with van der Waals surface area (Å²) in [5.41, 5.74) is 2.17. The molecule has 0 heterocycles. The van der Waals surface area contributed by atoms with Gasteiger partial charge in [-0.05, 0) is 71.6 Å². The zero-order chi connectivity index (χ0) is 14.7. The molecule has 1 atom stereocenters. The van der Waals surface area contributed by atoms with Crippen LogP contribution in [0.2, 0.25) is 5.02 Å². The van der Waals surface area contributed by atoms with E-state index in [1.165, 1.54) is 3.57 Å². The zero-order valence-corrected chi connectivity index (χ0v) is 15.6. The van der Waals surface area contributed by atoms with E-state index in [1.807, 2.05) is 25.2 Å². The number of ether oxygens (including phenoxy) is 1. The minimum atomic E-state index is 0.00717. The van der Waals surface area contributed by atoms with Crippen LogP contribution in [0.5, 0.6) is 5.75 Å². The molecule has 0 amide bonds. The van der Waals surface area contributed by atoms with Crippen molar-refractivity contribution in [2.24, 2.45) is 0 Å². The molecule has 2 aromatic carbocycles. The van der Waals surface area contributed by atoms with Crippen LogP contribution < -0.4 is 10.1 Å². The summed E-state index contributed by atoms with van der Waals surface area (Å²) in [6, 6.07) is 11.9. The van der Waals surface area contributed by atoms with E-state index in [1.54, 1.807) is 7.11 Å². The van der Waals surface area contributed by atoms with Crippen molar-refractivity contribution in [1.82, 2.24) is 5.32 Å². The number of hydrogen-bond donors (Lipinski definition) is 1. The van der Waals surface area contributed by atoms with Gasteiger partial charge in [-0.3, -0.25) is 0 Å². The van der Waals surface area contributed by atoms with Gasteiger partial charge in [0.1, 0.15) is 5.75 Å². The lowest BCUT2D eigenvalue weighted by molar-refractivity contribution is 0.405. The van der Waals surface area contributed by atoms with E-state index in [0.29, 0.717) is 5.02 Å². The van der Waals surface area contributed by atoms with Crippen molar-refractivity contribution in [3.63, 3.8) is 0 Å². The second-order valence-electron chi connectivity index (χ2n) is 4.27. The Hall–Kier alpha value is -0.300. The van der Waals surface area contributed by atoms with Gasteiger partial charge < -0.3 is 10.1 Å². The molecule has 20 heavy (non-hydrogen) atoms. The summed E-state index contributed by atoms with van der Waals surface area (Å²) in [5.74, 6) is 0.819. The third-order valence-electron chi connectivity index (χ3n) is 3.06. The maximum atomic E-state index is 6.14. The van der Waals surface area contributed by atoms with Crippen molar-refractivity contribution in [3.05, 3.63) is 60.6 Å². The first-order valence-corrected chi connectivity index (χ1v) is 8.27. The standard InChI is InChI=1S/C15H14BrClINO/c1-19-15(11-8-10(18)4-5-13(11)16)12-7-9(17)3-6-14(12)20-2/h3-8,15,19H,1-2H3. The molecule has 0 aromatic heterocycles. The van der Waals surface area contributed by atoms with Gasteiger partial charge >= 0.3 is 0 Å². The van der Waals surface area contributed by atoms with Gasteiger partial charge in [-0.2, -0.15) is 0 Å². The van der Waals surface area contributed by atoms with Gasteiger partial charge in [-0.25, -0.2) is 0 Å². The lowest BCUT2D eigenvalue weighted by Crippen LogP contribution is -2.19. The highest BCUT2D eigenvalue weighted by molar-refractivity contribution is 14.1. The van der Waals surface area contributed by atoms with Crippen LogP contribution in [-0.4, -0.2) is 14.2 Å². The molecular weight excluding hydrogens is 452 g/mol. The summed E-state index contributed by atoms with van der Waals surface area (Å²) in [5, 5.41) is 4.03. The maximum absolute atomic E-state index is 6.14. The fraction of sp³-hybridized carbons (Fsp3) is 0.200. The third kappa shape index (κ3) is 3.47. The highest BCUT2D eigenvalue weighted by Crippen LogP contribution is 2.35. The average Bonchev–Trinajstić information content (AvgIpc) is 2.44. The average molecular weight is 467 g/mol. The molecule has 2 aromatic rings. The van der Waals surface area contributed by atoms with Crippen LogP contribution in [0.25, 0.3) is 0 Å². The summed E-state index contributed by atoms with van der Waals surface area (Å²) in [6.45, 7) is 0. The summed E-state index contributed by atoms with van der Waals surface area (Å²) < 4.78 is 7.70. The van der Waals surface area contributed by atoms with E-state index in [0.717, 1.165) is 21.3 Å². The van der Waals surface area contributed by atoms with Crippen LogP contribution in [0.3, 0.4) is 0 Å². The van der Waals surface area contributed by atoms with Gasteiger partial charge in [0.05, 0.1) is 13.2 Å². The van der Waals surface area contributed by atoms with Gasteiger partial charge in [-0.1, -0.05) is 27.5 Å². The first-order chi connectivity index (χ1) is 9.56. The number of nitrogens with one attached hydrogen (secondary N) is 1. The Morgan fingerprint density at radius 1 is 1.20 bits per heavy atom. The van der Waals surface area contributed by atoms with E-state index in [4.69, 9.17) is 16.3 Å². The Labute approximate surface area is 146 Å². The lowest BCUT2D eigenvalue weighted by atomic mass is 9.98. The Morgan fingerprint density at radius 3 is 2.60 bits per heavy atom. The molecular formula is C15H14BrClINO. The topological polar surface area (TPSA) is 21.3 Å². The van der Waals surface area contributed by atoms with E-state index in [-0.39, 0.29) is 6.04 Å². The summed E-state index contributed by atoms with van der Waals surface area (Å²) in [4.78, 5) is 0. The molecule has 0 saturated carbocycles. The molecule has 2 rings (SSSR count). The SMILES string of the molecule is CNC(c1cc(I)ccc1Br)c1cc(Cl)ccc1OC. The molecule has 0 aliphatic heterocycles. The largest absolute Gasteiger partial charge is 0.496 e. The highest BCUT2D eigenvalue weighted by atomic mass is 127. The first kappa shape index (κ1) is 16.1. The Morgan fingerprint density at radius 2 is 1.95 bits per heavy atom. The monoisotopic (exact) mass is 465 g/mol. The summed E-state index contributed by atoms with van der Waals surface area (Å²) in [7, 11) is 3.60. The zero-order valence-electron chi connectivity index (χ0n) is 11.1. The van der Waals surface area contributed by atoms with E-state index in [9.17, 15) is 0 Å². The van der Waals surface area contributed by atoms with Crippen LogP contribution in [0.15, 0.2) is 40.9 Å². The van der Waals surface area contributed by atoms with Crippen molar-refractivity contribution in [3.8, 4) is 5.75 Å². The van der Waals surface area contributed by atoms with Gasteiger partial charge in [0.2, 0.25) is 0 Å². The molecule has 1 unspecified atom stereocenters. The molecule has 106 valence electrons. The Balaban J connectivity index is 2.57. The Kier molecular flexibility index (Phi) is 5.72. The van der Waals surface area contributed by atoms with Crippen molar-refractivity contribution in [2.45, 2.75) is 6.04 Å². The Bertz CT molecular complexity index is 621. The quantitative estimate of drug-likeness (QED) is 0.639. The van der Waals surface area contributed by atoms with Crippen LogP contribution in [0.1, 0.15) is 17.2 Å². The van der Waals surface area contributed by atoms with Crippen LogP contribution >= 0.6 is 50.1 Å². The minimum Gasteiger partial charge on any atom is -0.496 e. The maximum Gasteiger partial charge on any atom is 0.124 e. The molecule has 0 radical (unpaired) electrons. The second-order valence-corrected chi connectivity index (χ2v) is 6.81. The predicted octanol–water partition coefficient (Wildman–Crippen LogP) is 5.02. The fourth-order valence-corrected chi connectivity index (χ4v) is 3.32. The van der Waals surface area contributed by atoms with Crippen molar-refractivity contribution in [2.75, 3.05) is 14.2 Å². The molecule has 1 N–H and O–H groups in total. The third-order valence-corrected chi connectivity index (χ3v) is 4.69. The normalized spacial score (nSPS) is 12.2. The van der Waals surface area contributed by atoms with Crippen LogP contribution in [-0.2, 0) is 0 Å². The van der Waals surface area contributed by atoms with Crippen molar-refractivity contribution >= 4 is 50.1 Å². The molecule has 0 fully saturated rings. The van der Waals surface area contributed by atoms with E-state index < -0.39 is 0 Å². The first-order valence-electron chi connectivity index (χ1n) is 6.02. The predicted molar refractivity (Wildman–Crippen MR) is 95.8 cm³/mol. The van der Waals surface area contributed by atoms with Crippen molar-refractivity contribution < 1.29 is 4.74 Å². The fourth-order valence-electron chi connectivity index (χ4n) is 2.15. The summed E-state index contributed by atoms with van der Waals surface area (Å²) in [6.07, 6.45) is 0. The molecule has 0 bridgehead atoms. The number of benzene rings is 2. The number of hydrogen-bond acceptors (Lipinski definition) is 2. The summed E-state index contributed by atoms with van der Waals surface area (Å²) >= 11 is 12.1. The smallest absolute Gasteiger partial charge is 0.124 e. The number of methoxy groups -OCH3 is 1. The van der Waals surface area contributed by atoms with Crippen LogP contribution in [0.4, 0.5) is 0 Å². The van der Waals surface area contributed by atoms with Gasteiger partial charge in [0.15, 0.2) is 0 Å². The van der Waals surface area contributed by atoms with Gasteiger partial charge in [-0.15, -0.1) is 0 Å². The molecule has 0 aliphatic rings. The van der Waals surface area contributed by atoms with Gasteiger partial charge in [0, 0.05) is 18.6 Å². The lowest BCUT2D eigenvalue weighted by Gasteiger charge is -2.21. The molecule has 5 heteroatoms.